The van der Waals surface area contributed by atoms with Gasteiger partial charge in [-0.3, -0.25) is 4.90 Å². The molecule has 5 rings (SSSR count). The lowest BCUT2D eigenvalue weighted by atomic mass is 9.83. The van der Waals surface area contributed by atoms with Gasteiger partial charge in [-0.05, 0) is 82.4 Å². The van der Waals surface area contributed by atoms with Gasteiger partial charge in [0.1, 0.15) is 17.5 Å². The Morgan fingerprint density at radius 1 is 1.17 bits per heavy atom. The van der Waals surface area contributed by atoms with E-state index in [1.54, 1.807) is 17.2 Å². The van der Waals surface area contributed by atoms with E-state index in [4.69, 9.17) is 24.0 Å². The molecule has 2 aromatic heterocycles. The number of carbonyl (C=O) groups is 1. The van der Waals surface area contributed by atoms with Crippen LogP contribution in [0.2, 0.25) is 18.1 Å². The number of hydrogen-bond donors (Lipinski definition) is 1. The number of nitriles is 1. The molecule has 0 spiro atoms. The highest BCUT2D eigenvalue weighted by Gasteiger charge is 2.47. The van der Waals surface area contributed by atoms with E-state index in [0.29, 0.717) is 49.3 Å². The van der Waals surface area contributed by atoms with Crippen molar-refractivity contribution in [1.29, 1.82) is 5.26 Å². The van der Waals surface area contributed by atoms with Crippen molar-refractivity contribution in [2.45, 2.75) is 103 Å². The van der Waals surface area contributed by atoms with E-state index in [0.717, 1.165) is 35.5 Å². The molecule has 1 saturated heterocycles. The molecule has 0 saturated carbocycles. The Morgan fingerprint density at radius 2 is 1.87 bits per heavy atom. The minimum Gasteiger partial charge on any atom is -0.443 e. The zero-order valence-corrected chi connectivity index (χ0v) is 30.5. The molecule has 0 unspecified atom stereocenters. The normalized spacial score (nSPS) is 19.0. The van der Waals surface area contributed by atoms with Crippen molar-refractivity contribution in [1.82, 2.24) is 19.7 Å². The summed E-state index contributed by atoms with van der Waals surface area (Å²) in [5, 5.41) is 18.6. The minimum absolute atomic E-state index is 0.0123. The average Bonchev–Trinajstić information content (AvgIpc) is 3.51. The summed E-state index contributed by atoms with van der Waals surface area (Å²) in [6.07, 6.45) is 3.00. The van der Waals surface area contributed by atoms with E-state index in [1.807, 2.05) is 50.6 Å². The highest BCUT2D eigenvalue weighted by molar-refractivity contribution is 6.74. The molecule has 2 aliphatic rings. The molecule has 1 fully saturated rings. The lowest BCUT2D eigenvalue weighted by Crippen LogP contribution is -2.46. The molecular formula is C35H49N7O4Si. The Balaban J connectivity index is 1.54. The molecule has 0 bridgehead atoms. The van der Waals surface area contributed by atoms with Crippen molar-refractivity contribution in [3.8, 4) is 17.3 Å². The molecule has 1 aromatic carbocycles. The molecular weight excluding hydrogens is 611 g/mol. The summed E-state index contributed by atoms with van der Waals surface area (Å²) >= 11 is 0. The number of benzene rings is 1. The number of hydrogen-bond acceptors (Lipinski definition) is 9. The maximum atomic E-state index is 13.6. The zero-order chi connectivity index (χ0) is 34.4. The van der Waals surface area contributed by atoms with Gasteiger partial charge in [-0.1, -0.05) is 27.7 Å². The van der Waals surface area contributed by atoms with Gasteiger partial charge in [0.15, 0.2) is 8.32 Å². The van der Waals surface area contributed by atoms with E-state index < -0.39 is 25.4 Å². The molecule has 3 aromatic rings. The smallest absolute Gasteiger partial charge is 0.414 e. The van der Waals surface area contributed by atoms with E-state index in [-0.39, 0.29) is 11.1 Å². The lowest BCUT2D eigenvalue weighted by Gasteiger charge is -2.39. The zero-order valence-electron chi connectivity index (χ0n) is 29.5. The third-order valence-corrected chi connectivity index (χ3v) is 13.9. The molecule has 11 nitrogen and oxygen atoms in total. The number of amides is 1. The molecule has 2 aliphatic heterocycles. The largest absolute Gasteiger partial charge is 0.443 e. The third-order valence-electron chi connectivity index (χ3n) is 9.42. The number of aromatic nitrogens is 4. The van der Waals surface area contributed by atoms with Gasteiger partial charge < -0.3 is 19.2 Å². The lowest BCUT2D eigenvalue weighted by molar-refractivity contribution is 0.0575. The maximum absolute atomic E-state index is 13.6. The highest BCUT2D eigenvalue weighted by Crippen LogP contribution is 2.47. The van der Waals surface area contributed by atoms with Crippen LogP contribution in [0.15, 0.2) is 30.5 Å². The van der Waals surface area contributed by atoms with Gasteiger partial charge >= 0.3 is 6.09 Å². The second-order valence-corrected chi connectivity index (χ2v) is 20.4. The van der Waals surface area contributed by atoms with Crippen LogP contribution in [0.5, 0.6) is 0 Å². The van der Waals surface area contributed by atoms with Gasteiger partial charge in [-0.25, -0.2) is 19.4 Å². The summed E-state index contributed by atoms with van der Waals surface area (Å²) < 4.78 is 20.1. The first-order valence-electron chi connectivity index (χ1n) is 16.4. The number of rotatable bonds is 7. The van der Waals surface area contributed by atoms with E-state index >= 15 is 0 Å². The summed E-state index contributed by atoms with van der Waals surface area (Å²) in [5.41, 5.74) is 2.83. The Kier molecular flexibility index (Phi) is 9.31. The standard InChI is InChI=1S/C35H49N7O4Si/c1-23-17-29(42(40-23)26-12-15-44-16-13-26)39-31-37-14-11-28(38-31)24-18-25(20-36)30-27(19-24)35(8,22-45-47(9,10)34(5,6)7)21-41(30)32(43)46-33(2,3)4/h11,14,17-19,26H,12-13,15-16,21-22H2,1-10H3,(H,37,38,39)/t35-/m1/s1. The number of anilines is 3. The molecule has 1 atom stereocenters. The first-order chi connectivity index (χ1) is 21.9. The van der Waals surface area contributed by atoms with Crippen LogP contribution >= 0.6 is 0 Å². The van der Waals surface area contributed by atoms with E-state index in [9.17, 15) is 10.1 Å². The van der Waals surface area contributed by atoms with Crippen molar-refractivity contribution in [2.24, 2.45) is 0 Å². The Labute approximate surface area is 279 Å². The molecule has 12 heteroatoms. The Morgan fingerprint density at radius 3 is 2.51 bits per heavy atom. The topological polar surface area (TPSA) is 127 Å². The van der Waals surface area contributed by atoms with Crippen LogP contribution in [0.25, 0.3) is 11.3 Å². The van der Waals surface area contributed by atoms with Gasteiger partial charge in [0.2, 0.25) is 5.95 Å². The molecule has 252 valence electrons. The summed E-state index contributed by atoms with van der Waals surface area (Å²) in [7, 11) is -2.13. The molecule has 1 amide bonds. The number of ether oxygens (including phenoxy) is 2. The van der Waals surface area contributed by atoms with Gasteiger partial charge in [0.25, 0.3) is 0 Å². The van der Waals surface area contributed by atoms with E-state index in [2.05, 4.69) is 57.2 Å². The maximum Gasteiger partial charge on any atom is 0.414 e. The van der Waals surface area contributed by atoms with Crippen molar-refractivity contribution in [3.63, 3.8) is 0 Å². The molecule has 1 N–H and O–H groups in total. The second-order valence-electron chi connectivity index (χ2n) is 15.6. The van der Waals surface area contributed by atoms with Crippen molar-refractivity contribution >= 4 is 31.9 Å². The van der Waals surface area contributed by atoms with Crippen LogP contribution < -0.4 is 10.2 Å². The average molecular weight is 660 g/mol. The predicted octanol–water partition coefficient (Wildman–Crippen LogP) is 7.65. The van der Waals surface area contributed by atoms with Crippen LogP contribution in [-0.2, 0) is 19.3 Å². The highest BCUT2D eigenvalue weighted by atomic mass is 28.4. The van der Waals surface area contributed by atoms with Crippen molar-refractivity contribution in [3.05, 3.63) is 47.3 Å². The Bertz CT molecular complexity index is 1680. The first-order valence-corrected chi connectivity index (χ1v) is 19.3. The molecule has 4 heterocycles. The number of carbonyl (C=O) groups excluding carboxylic acids is 1. The fourth-order valence-electron chi connectivity index (χ4n) is 5.80. The van der Waals surface area contributed by atoms with Crippen LogP contribution in [0.3, 0.4) is 0 Å². The van der Waals surface area contributed by atoms with Crippen LogP contribution in [0, 0.1) is 18.3 Å². The summed E-state index contributed by atoms with van der Waals surface area (Å²) in [4.78, 5) is 24.6. The van der Waals surface area contributed by atoms with Gasteiger partial charge in [0, 0.05) is 49.6 Å². The van der Waals surface area contributed by atoms with Crippen LogP contribution in [-0.4, -0.2) is 66.1 Å². The van der Waals surface area contributed by atoms with Gasteiger partial charge in [-0.2, -0.15) is 10.4 Å². The summed E-state index contributed by atoms with van der Waals surface area (Å²) in [6.45, 7) is 22.8. The SMILES string of the molecule is Cc1cc(Nc2nccc(-c3cc(C#N)c4c(c3)[C@@](C)(CO[Si](C)(C)C(C)(C)C)CN4C(=O)OC(C)(C)C)n2)n(C2CCOCC2)n1. The van der Waals surface area contributed by atoms with E-state index in [1.165, 1.54) is 0 Å². The minimum atomic E-state index is -2.13. The summed E-state index contributed by atoms with van der Waals surface area (Å²) in [5.74, 6) is 1.25. The second kappa shape index (κ2) is 12.7. The van der Waals surface area contributed by atoms with Gasteiger partial charge in [-0.15, -0.1) is 0 Å². The molecule has 0 aliphatic carbocycles. The molecule has 0 radical (unpaired) electrons. The number of fused-ring (bicyclic) bond motifs is 1. The molecule has 47 heavy (non-hydrogen) atoms. The number of aryl methyl sites for hydroxylation is 1. The first kappa shape index (κ1) is 34.5. The quantitative estimate of drug-likeness (QED) is 0.254. The predicted molar refractivity (Wildman–Crippen MR) is 186 cm³/mol. The van der Waals surface area contributed by atoms with Crippen LogP contribution in [0.1, 0.15) is 84.2 Å². The fourth-order valence-corrected chi connectivity index (χ4v) is 6.91. The summed E-state index contributed by atoms with van der Waals surface area (Å²) in [6, 6.07) is 10.2. The number of nitrogens with one attached hydrogen (secondary N) is 1. The Hall–Kier alpha value is -3.79. The van der Waals surface area contributed by atoms with Crippen molar-refractivity contribution < 1.29 is 18.7 Å². The van der Waals surface area contributed by atoms with Crippen LogP contribution in [0.4, 0.5) is 22.2 Å². The monoisotopic (exact) mass is 659 g/mol. The third kappa shape index (κ3) is 7.37. The number of nitrogens with zero attached hydrogens (tertiary/aromatic N) is 6. The fraction of sp³-hybridized carbons (Fsp3) is 0.571. The van der Waals surface area contributed by atoms with Gasteiger partial charge in [0.05, 0.1) is 28.7 Å². The van der Waals surface area contributed by atoms with Crippen molar-refractivity contribution in [2.75, 3.05) is 36.6 Å².